The first-order valence-corrected chi connectivity index (χ1v) is 9.33. The Morgan fingerprint density at radius 3 is 2.42 bits per heavy atom. The standard InChI is InChI=1S/C19H30N4O/c1-16(2)22-8-10-23(11-9-22)19-12-17(13-20-18(19)15-24)14-21-6-4-3-5-7-21/h12-13,15-16H,3-11,14H2,1-2H3. The van der Waals surface area contributed by atoms with Gasteiger partial charge in [0.1, 0.15) is 5.69 Å². The largest absolute Gasteiger partial charge is 0.367 e. The summed E-state index contributed by atoms with van der Waals surface area (Å²) in [5.74, 6) is 0. The van der Waals surface area contributed by atoms with Crippen LogP contribution in [0.1, 0.15) is 49.2 Å². The fraction of sp³-hybridized carbons (Fsp3) is 0.684. The zero-order chi connectivity index (χ0) is 16.9. The van der Waals surface area contributed by atoms with Crippen LogP contribution in [0.2, 0.25) is 0 Å². The molecule has 5 heteroatoms. The van der Waals surface area contributed by atoms with Gasteiger partial charge >= 0.3 is 0 Å². The third kappa shape index (κ3) is 4.14. The molecule has 0 atom stereocenters. The number of anilines is 1. The van der Waals surface area contributed by atoms with Gasteiger partial charge in [-0.3, -0.25) is 19.6 Å². The van der Waals surface area contributed by atoms with Crippen LogP contribution >= 0.6 is 0 Å². The first-order chi connectivity index (χ1) is 11.7. The van der Waals surface area contributed by atoms with E-state index in [1.54, 1.807) is 0 Å². The number of carbonyl (C=O) groups excluding carboxylic acids is 1. The highest BCUT2D eigenvalue weighted by atomic mass is 16.1. The van der Waals surface area contributed by atoms with Crippen LogP contribution in [-0.4, -0.2) is 66.4 Å². The Morgan fingerprint density at radius 2 is 1.79 bits per heavy atom. The lowest BCUT2D eigenvalue weighted by Gasteiger charge is -2.38. The molecule has 0 N–H and O–H groups in total. The molecule has 24 heavy (non-hydrogen) atoms. The molecular formula is C19H30N4O. The average Bonchev–Trinajstić information content (AvgIpc) is 2.62. The van der Waals surface area contributed by atoms with E-state index < -0.39 is 0 Å². The van der Waals surface area contributed by atoms with Crippen molar-refractivity contribution in [3.8, 4) is 0 Å². The predicted molar refractivity (Wildman–Crippen MR) is 97.7 cm³/mol. The summed E-state index contributed by atoms with van der Waals surface area (Å²) >= 11 is 0. The monoisotopic (exact) mass is 330 g/mol. The van der Waals surface area contributed by atoms with Crippen molar-refractivity contribution in [3.63, 3.8) is 0 Å². The summed E-state index contributed by atoms with van der Waals surface area (Å²) in [5, 5.41) is 0. The van der Waals surface area contributed by atoms with E-state index in [1.807, 2.05) is 6.20 Å². The molecule has 3 rings (SSSR count). The van der Waals surface area contributed by atoms with Crippen LogP contribution in [0.25, 0.3) is 0 Å². The Bertz CT molecular complexity index is 546. The van der Waals surface area contributed by atoms with Crippen molar-refractivity contribution in [2.24, 2.45) is 0 Å². The second-order valence-electron chi connectivity index (χ2n) is 7.32. The summed E-state index contributed by atoms with van der Waals surface area (Å²) in [6.45, 7) is 11.8. The fourth-order valence-corrected chi connectivity index (χ4v) is 3.79. The minimum absolute atomic E-state index is 0.579. The van der Waals surface area contributed by atoms with Gasteiger partial charge in [0.15, 0.2) is 6.29 Å². The van der Waals surface area contributed by atoms with E-state index in [2.05, 4.69) is 39.6 Å². The van der Waals surface area contributed by atoms with Crippen molar-refractivity contribution in [2.75, 3.05) is 44.2 Å². The maximum Gasteiger partial charge on any atom is 0.170 e. The molecule has 3 heterocycles. The lowest BCUT2D eigenvalue weighted by Crippen LogP contribution is -2.49. The number of rotatable bonds is 5. The highest BCUT2D eigenvalue weighted by Crippen LogP contribution is 2.23. The smallest absolute Gasteiger partial charge is 0.170 e. The highest BCUT2D eigenvalue weighted by molar-refractivity contribution is 5.82. The van der Waals surface area contributed by atoms with Crippen LogP contribution in [0.4, 0.5) is 5.69 Å². The normalized spacial score (nSPS) is 20.5. The minimum atomic E-state index is 0.579. The lowest BCUT2D eigenvalue weighted by atomic mass is 10.1. The van der Waals surface area contributed by atoms with Crippen molar-refractivity contribution in [2.45, 2.75) is 45.7 Å². The van der Waals surface area contributed by atoms with Gasteiger partial charge in [0.25, 0.3) is 0 Å². The van der Waals surface area contributed by atoms with Crippen LogP contribution < -0.4 is 4.90 Å². The van der Waals surface area contributed by atoms with E-state index >= 15 is 0 Å². The molecule has 0 spiro atoms. The van der Waals surface area contributed by atoms with Crippen molar-refractivity contribution in [3.05, 3.63) is 23.5 Å². The molecule has 0 saturated carbocycles. The van der Waals surface area contributed by atoms with Crippen molar-refractivity contribution in [1.82, 2.24) is 14.8 Å². The van der Waals surface area contributed by atoms with Crippen LogP contribution in [-0.2, 0) is 6.54 Å². The number of piperidine rings is 1. The van der Waals surface area contributed by atoms with Gasteiger partial charge in [-0.05, 0) is 51.4 Å². The van der Waals surface area contributed by atoms with E-state index in [-0.39, 0.29) is 0 Å². The van der Waals surface area contributed by atoms with E-state index in [4.69, 9.17) is 0 Å². The van der Waals surface area contributed by atoms with Gasteiger partial charge in [0.2, 0.25) is 0 Å². The summed E-state index contributed by atoms with van der Waals surface area (Å²) in [4.78, 5) is 23.2. The van der Waals surface area contributed by atoms with Crippen molar-refractivity contribution < 1.29 is 4.79 Å². The molecule has 0 aliphatic carbocycles. The number of carbonyl (C=O) groups is 1. The molecular weight excluding hydrogens is 300 g/mol. The van der Waals surface area contributed by atoms with Crippen LogP contribution in [0.3, 0.4) is 0 Å². The lowest BCUT2D eigenvalue weighted by molar-refractivity contribution is 0.111. The zero-order valence-corrected chi connectivity index (χ0v) is 15.1. The number of aldehydes is 1. The molecule has 2 aliphatic heterocycles. The Kier molecular flexibility index (Phi) is 5.85. The number of hydrogen-bond donors (Lipinski definition) is 0. The maximum absolute atomic E-state index is 11.4. The molecule has 0 amide bonds. The third-order valence-corrected chi connectivity index (χ3v) is 5.31. The Balaban J connectivity index is 1.71. The predicted octanol–water partition coefficient (Wildman–Crippen LogP) is 2.41. The maximum atomic E-state index is 11.4. The second kappa shape index (κ2) is 8.08. The van der Waals surface area contributed by atoms with E-state index in [1.165, 1.54) is 37.9 Å². The van der Waals surface area contributed by atoms with E-state index in [0.29, 0.717) is 11.7 Å². The molecule has 0 radical (unpaired) electrons. The minimum Gasteiger partial charge on any atom is -0.367 e. The number of nitrogens with zero attached hydrogens (tertiary/aromatic N) is 4. The summed E-state index contributed by atoms with van der Waals surface area (Å²) in [6, 6.07) is 2.78. The van der Waals surface area contributed by atoms with Crippen molar-refractivity contribution in [1.29, 1.82) is 0 Å². The first kappa shape index (κ1) is 17.4. The Hall–Kier alpha value is -1.46. The first-order valence-electron chi connectivity index (χ1n) is 9.33. The molecule has 132 valence electrons. The zero-order valence-electron chi connectivity index (χ0n) is 15.1. The molecule has 2 fully saturated rings. The third-order valence-electron chi connectivity index (χ3n) is 5.31. The number of hydrogen-bond acceptors (Lipinski definition) is 5. The quantitative estimate of drug-likeness (QED) is 0.775. The number of likely N-dealkylation sites (tertiary alicyclic amines) is 1. The van der Waals surface area contributed by atoms with Crippen LogP contribution in [0.15, 0.2) is 12.3 Å². The number of pyridine rings is 1. The summed E-state index contributed by atoms with van der Waals surface area (Å²) in [7, 11) is 0. The fourth-order valence-electron chi connectivity index (χ4n) is 3.79. The van der Waals surface area contributed by atoms with Crippen LogP contribution in [0.5, 0.6) is 0 Å². The topological polar surface area (TPSA) is 39.7 Å². The van der Waals surface area contributed by atoms with Gasteiger partial charge in [-0.25, -0.2) is 0 Å². The molecule has 2 saturated heterocycles. The molecule has 0 unspecified atom stereocenters. The Morgan fingerprint density at radius 1 is 1.08 bits per heavy atom. The average molecular weight is 330 g/mol. The van der Waals surface area contributed by atoms with Gasteiger partial charge in [-0.2, -0.15) is 0 Å². The van der Waals surface area contributed by atoms with Gasteiger partial charge in [0.05, 0.1) is 5.69 Å². The summed E-state index contributed by atoms with van der Waals surface area (Å²) in [5.41, 5.74) is 2.82. The summed E-state index contributed by atoms with van der Waals surface area (Å²) in [6.07, 6.45) is 6.72. The van der Waals surface area contributed by atoms with Gasteiger partial charge in [-0.1, -0.05) is 6.42 Å². The molecule has 1 aromatic heterocycles. The molecule has 1 aromatic rings. The van der Waals surface area contributed by atoms with Crippen LogP contribution in [0, 0.1) is 0 Å². The number of aromatic nitrogens is 1. The van der Waals surface area contributed by atoms with E-state index in [9.17, 15) is 4.79 Å². The van der Waals surface area contributed by atoms with Crippen molar-refractivity contribution >= 4 is 12.0 Å². The molecule has 0 bridgehead atoms. The number of piperazine rings is 1. The van der Waals surface area contributed by atoms with Gasteiger partial charge < -0.3 is 4.90 Å². The Labute approximate surface area is 145 Å². The van der Waals surface area contributed by atoms with Gasteiger partial charge in [0, 0.05) is 45.0 Å². The SMILES string of the molecule is CC(C)N1CCN(c2cc(CN3CCCCC3)cnc2C=O)CC1. The second-order valence-corrected chi connectivity index (χ2v) is 7.32. The molecule has 2 aliphatic rings. The molecule has 0 aromatic carbocycles. The highest BCUT2D eigenvalue weighted by Gasteiger charge is 2.22. The summed E-state index contributed by atoms with van der Waals surface area (Å²) < 4.78 is 0. The van der Waals surface area contributed by atoms with Gasteiger partial charge in [-0.15, -0.1) is 0 Å². The van der Waals surface area contributed by atoms with E-state index in [0.717, 1.165) is 44.7 Å². The molecule has 5 nitrogen and oxygen atoms in total.